The highest BCUT2D eigenvalue weighted by Crippen LogP contribution is 2.09. The molecule has 0 fully saturated rings. The van der Waals surface area contributed by atoms with Gasteiger partial charge in [0.25, 0.3) is 0 Å². The van der Waals surface area contributed by atoms with Gasteiger partial charge in [0.15, 0.2) is 0 Å². The molecule has 0 spiro atoms. The highest BCUT2D eigenvalue weighted by atomic mass is 16.5. The van der Waals surface area contributed by atoms with Crippen LogP contribution in [0.15, 0.2) is 42.7 Å². The zero-order valence-electron chi connectivity index (χ0n) is 9.78. The number of nitrogens with zero attached hydrogens (tertiary/aromatic N) is 2. The van der Waals surface area contributed by atoms with Crippen LogP contribution in [-0.4, -0.2) is 27.6 Å². The molecule has 0 amide bonds. The Morgan fingerprint density at radius 2 is 2.12 bits per heavy atom. The molecule has 0 aliphatic carbocycles. The van der Waals surface area contributed by atoms with Crippen molar-refractivity contribution in [1.82, 2.24) is 9.78 Å². The Balaban J connectivity index is 1.80. The number of aryl methyl sites for hydroxylation is 1. The predicted octanol–water partition coefficient (Wildman–Crippen LogP) is 1.40. The van der Waals surface area contributed by atoms with Gasteiger partial charge in [0, 0.05) is 19.7 Å². The van der Waals surface area contributed by atoms with Crippen LogP contribution in [0.2, 0.25) is 0 Å². The lowest BCUT2D eigenvalue weighted by Gasteiger charge is -2.11. The van der Waals surface area contributed by atoms with Crippen LogP contribution in [0.1, 0.15) is 5.56 Å². The fraction of sp³-hybridized carbons (Fsp3) is 0.308. The van der Waals surface area contributed by atoms with Gasteiger partial charge in [-0.1, -0.05) is 18.2 Å². The Hall–Kier alpha value is -1.81. The van der Waals surface area contributed by atoms with Crippen LogP contribution in [0.25, 0.3) is 0 Å². The first kappa shape index (κ1) is 11.7. The van der Waals surface area contributed by atoms with Crippen molar-refractivity contribution in [2.75, 3.05) is 6.61 Å². The second kappa shape index (κ2) is 5.50. The molecular formula is C13H16N2O2. The Morgan fingerprint density at radius 3 is 2.76 bits per heavy atom. The maximum Gasteiger partial charge on any atom is 0.119 e. The number of benzene rings is 1. The van der Waals surface area contributed by atoms with E-state index in [9.17, 15) is 5.11 Å². The Bertz CT molecular complexity index is 453. The highest BCUT2D eigenvalue weighted by molar-refractivity contribution is 5.21. The van der Waals surface area contributed by atoms with Crippen molar-refractivity contribution in [3.63, 3.8) is 0 Å². The summed E-state index contributed by atoms with van der Waals surface area (Å²) in [6.45, 7) is 0.291. The zero-order chi connectivity index (χ0) is 12.1. The van der Waals surface area contributed by atoms with Crippen LogP contribution >= 0.6 is 0 Å². The Morgan fingerprint density at radius 1 is 1.35 bits per heavy atom. The molecule has 2 aromatic rings. The fourth-order valence-corrected chi connectivity index (χ4v) is 1.62. The van der Waals surface area contributed by atoms with Crippen molar-refractivity contribution in [3.8, 4) is 5.75 Å². The van der Waals surface area contributed by atoms with Crippen molar-refractivity contribution in [1.29, 1.82) is 0 Å². The second-order valence-corrected chi connectivity index (χ2v) is 4.00. The van der Waals surface area contributed by atoms with Gasteiger partial charge in [-0.25, -0.2) is 0 Å². The van der Waals surface area contributed by atoms with E-state index < -0.39 is 6.10 Å². The molecule has 0 saturated heterocycles. The molecule has 1 aromatic heterocycles. The van der Waals surface area contributed by atoms with Crippen LogP contribution in [-0.2, 0) is 13.5 Å². The third-order valence-corrected chi connectivity index (χ3v) is 2.42. The SMILES string of the molecule is Cn1cc(CC(O)COc2ccccc2)cn1. The topological polar surface area (TPSA) is 47.3 Å². The van der Waals surface area contributed by atoms with E-state index in [1.165, 1.54) is 0 Å². The van der Waals surface area contributed by atoms with E-state index in [0.29, 0.717) is 13.0 Å². The lowest BCUT2D eigenvalue weighted by Crippen LogP contribution is -2.19. The average Bonchev–Trinajstić information content (AvgIpc) is 2.73. The van der Waals surface area contributed by atoms with Gasteiger partial charge in [-0.3, -0.25) is 4.68 Å². The van der Waals surface area contributed by atoms with Crippen LogP contribution in [0.3, 0.4) is 0 Å². The van der Waals surface area contributed by atoms with Gasteiger partial charge in [0.2, 0.25) is 0 Å². The number of ether oxygens (including phenoxy) is 1. The van der Waals surface area contributed by atoms with Crippen molar-refractivity contribution in [3.05, 3.63) is 48.3 Å². The van der Waals surface area contributed by atoms with Crippen molar-refractivity contribution in [2.24, 2.45) is 7.05 Å². The maximum absolute atomic E-state index is 9.81. The van der Waals surface area contributed by atoms with Crippen LogP contribution < -0.4 is 4.74 Å². The molecule has 17 heavy (non-hydrogen) atoms. The molecule has 0 radical (unpaired) electrons. The summed E-state index contributed by atoms with van der Waals surface area (Å²) in [4.78, 5) is 0. The van der Waals surface area contributed by atoms with E-state index in [-0.39, 0.29) is 0 Å². The molecule has 4 nitrogen and oxygen atoms in total. The summed E-state index contributed by atoms with van der Waals surface area (Å²) in [5, 5.41) is 13.9. The Kier molecular flexibility index (Phi) is 3.77. The maximum atomic E-state index is 9.81. The van der Waals surface area contributed by atoms with Gasteiger partial charge in [0.05, 0.1) is 12.3 Å². The summed E-state index contributed by atoms with van der Waals surface area (Å²) >= 11 is 0. The minimum atomic E-state index is -0.514. The lowest BCUT2D eigenvalue weighted by atomic mass is 10.2. The minimum absolute atomic E-state index is 0.291. The van der Waals surface area contributed by atoms with Crippen LogP contribution in [0.4, 0.5) is 0 Å². The lowest BCUT2D eigenvalue weighted by molar-refractivity contribution is 0.108. The first-order chi connectivity index (χ1) is 8.24. The number of hydrogen-bond acceptors (Lipinski definition) is 3. The van der Waals surface area contributed by atoms with Gasteiger partial charge in [0.1, 0.15) is 12.4 Å². The van der Waals surface area contributed by atoms with Gasteiger partial charge in [-0.05, 0) is 17.7 Å². The molecule has 4 heteroatoms. The number of aromatic nitrogens is 2. The summed E-state index contributed by atoms with van der Waals surface area (Å²) in [7, 11) is 1.86. The van der Waals surface area contributed by atoms with E-state index in [0.717, 1.165) is 11.3 Å². The smallest absolute Gasteiger partial charge is 0.119 e. The molecule has 0 saturated carbocycles. The van der Waals surface area contributed by atoms with Crippen molar-refractivity contribution >= 4 is 0 Å². The first-order valence-electron chi connectivity index (χ1n) is 5.57. The summed E-state index contributed by atoms with van der Waals surface area (Å²) in [5.41, 5.74) is 1.01. The molecule has 1 N–H and O–H groups in total. The van der Waals surface area contributed by atoms with Gasteiger partial charge >= 0.3 is 0 Å². The van der Waals surface area contributed by atoms with Crippen LogP contribution in [0.5, 0.6) is 5.75 Å². The molecule has 0 aliphatic heterocycles. The van der Waals surface area contributed by atoms with E-state index >= 15 is 0 Å². The summed E-state index contributed by atoms with van der Waals surface area (Å²) in [6, 6.07) is 9.48. The number of rotatable bonds is 5. The van der Waals surface area contributed by atoms with E-state index in [1.54, 1.807) is 10.9 Å². The number of aliphatic hydroxyl groups excluding tert-OH is 1. The summed E-state index contributed by atoms with van der Waals surface area (Å²) in [6.07, 6.45) is 3.69. The summed E-state index contributed by atoms with van der Waals surface area (Å²) in [5.74, 6) is 0.776. The molecular weight excluding hydrogens is 216 g/mol. The normalized spacial score (nSPS) is 12.4. The first-order valence-corrected chi connectivity index (χ1v) is 5.57. The molecule has 2 rings (SSSR count). The van der Waals surface area contributed by atoms with Crippen molar-refractivity contribution < 1.29 is 9.84 Å². The van der Waals surface area contributed by atoms with E-state index in [2.05, 4.69) is 5.10 Å². The van der Waals surface area contributed by atoms with Gasteiger partial charge < -0.3 is 9.84 Å². The third kappa shape index (κ3) is 3.60. The quantitative estimate of drug-likeness (QED) is 0.847. The third-order valence-electron chi connectivity index (χ3n) is 2.42. The monoisotopic (exact) mass is 232 g/mol. The minimum Gasteiger partial charge on any atom is -0.491 e. The van der Waals surface area contributed by atoms with Crippen molar-refractivity contribution in [2.45, 2.75) is 12.5 Å². The number of para-hydroxylation sites is 1. The van der Waals surface area contributed by atoms with Crippen LogP contribution in [0, 0.1) is 0 Å². The fourth-order valence-electron chi connectivity index (χ4n) is 1.62. The number of hydrogen-bond donors (Lipinski definition) is 1. The second-order valence-electron chi connectivity index (χ2n) is 4.00. The predicted molar refractivity (Wildman–Crippen MR) is 64.9 cm³/mol. The van der Waals surface area contributed by atoms with Gasteiger partial charge in [-0.15, -0.1) is 0 Å². The standard InChI is InChI=1S/C13H16N2O2/c1-15-9-11(8-14-15)7-12(16)10-17-13-5-3-2-4-6-13/h2-6,8-9,12,16H,7,10H2,1H3. The summed E-state index contributed by atoms with van der Waals surface area (Å²) < 4.78 is 7.19. The average molecular weight is 232 g/mol. The molecule has 0 aliphatic rings. The molecule has 1 atom stereocenters. The molecule has 1 unspecified atom stereocenters. The van der Waals surface area contributed by atoms with Gasteiger partial charge in [-0.2, -0.15) is 5.10 Å². The van der Waals surface area contributed by atoms with E-state index in [4.69, 9.17) is 4.74 Å². The molecule has 1 aromatic carbocycles. The molecule has 1 heterocycles. The highest BCUT2D eigenvalue weighted by Gasteiger charge is 2.07. The number of aliphatic hydroxyl groups is 1. The zero-order valence-corrected chi connectivity index (χ0v) is 9.78. The van der Waals surface area contributed by atoms with E-state index in [1.807, 2.05) is 43.6 Å². The largest absolute Gasteiger partial charge is 0.491 e. The molecule has 90 valence electrons. The molecule has 0 bridgehead atoms. The Labute approximate surface area is 100 Å².